The van der Waals surface area contributed by atoms with Crippen molar-refractivity contribution in [1.82, 2.24) is 29.5 Å². The van der Waals surface area contributed by atoms with Crippen LogP contribution in [0.15, 0.2) is 30.9 Å². The summed E-state index contributed by atoms with van der Waals surface area (Å²) in [7, 11) is 0. The summed E-state index contributed by atoms with van der Waals surface area (Å²) in [5.41, 5.74) is 9.08. The first-order chi connectivity index (χ1) is 9.74. The molecule has 1 aromatic carbocycles. The Hall–Kier alpha value is -2.67. The van der Waals surface area contributed by atoms with Gasteiger partial charge in [-0.3, -0.25) is 4.40 Å². The molecular formula is C12H8ClN7. The van der Waals surface area contributed by atoms with Crippen LogP contribution in [0.4, 0.5) is 5.69 Å². The molecular weight excluding hydrogens is 278 g/mol. The number of imidazole rings is 1. The molecule has 98 valence electrons. The first kappa shape index (κ1) is 11.2. The van der Waals surface area contributed by atoms with Crippen LogP contribution in [0.25, 0.3) is 28.2 Å². The molecule has 0 fully saturated rings. The molecule has 0 radical (unpaired) electrons. The van der Waals surface area contributed by atoms with E-state index in [-0.39, 0.29) is 0 Å². The third-order valence-electron chi connectivity index (χ3n) is 3.07. The smallest absolute Gasteiger partial charge is 0.190 e. The minimum Gasteiger partial charge on any atom is -0.399 e. The first-order valence-corrected chi connectivity index (χ1v) is 6.20. The van der Waals surface area contributed by atoms with Crippen molar-refractivity contribution in [2.75, 3.05) is 5.73 Å². The summed E-state index contributed by atoms with van der Waals surface area (Å²) < 4.78 is 1.75. The van der Waals surface area contributed by atoms with Crippen LogP contribution in [-0.4, -0.2) is 29.5 Å². The predicted octanol–water partition coefficient (Wildman–Crippen LogP) is 1.90. The van der Waals surface area contributed by atoms with E-state index in [0.29, 0.717) is 33.4 Å². The summed E-state index contributed by atoms with van der Waals surface area (Å²) in [6, 6.07) is 5.23. The monoisotopic (exact) mass is 285 g/mol. The van der Waals surface area contributed by atoms with Crippen LogP contribution >= 0.6 is 11.6 Å². The molecule has 0 saturated heterocycles. The lowest BCUT2D eigenvalue weighted by Crippen LogP contribution is -1.94. The Morgan fingerprint density at radius 3 is 3.00 bits per heavy atom. The van der Waals surface area contributed by atoms with Crippen molar-refractivity contribution < 1.29 is 0 Å². The summed E-state index contributed by atoms with van der Waals surface area (Å²) in [5, 5.41) is 8.90. The maximum Gasteiger partial charge on any atom is 0.190 e. The van der Waals surface area contributed by atoms with Gasteiger partial charge in [-0.2, -0.15) is 0 Å². The van der Waals surface area contributed by atoms with Gasteiger partial charge in [0.2, 0.25) is 0 Å². The molecule has 3 aromatic heterocycles. The summed E-state index contributed by atoms with van der Waals surface area (Å²) >= 11 is 6.21. The molecule has 7 nitrogen and oxygen atoms in total. The molecule has 4 aromatic rings. The number of H-pyrrole nitrogens is 1. The third kappa shape index (κ3) is 1.47. The highest BCUT2D eigenvalue weighted by Gasteiger charge is 2.15. The van der Waals surface area contributed by atoms with E-state index in [2.05, 4.69) is 25.1 Å². The first-order valence-electron chi connectivity index (χ1n) is 5.82. The van der Waals surface area contributed by atoms with Crippen LogP contribution in [0, 0.1) is 0 Å². The van der Waals surface area contributed by atoms with Gasteiger partial charge in [-0.15, -0.1) is 10.2 Å². The van der Waals surface area contributed by atoms with E-state index in [0.717, 1.165) is 5.52 Å². The van der Waals surface area contributed by atoms with Gasteiger partial charge in [0.1, 0.15) is 11.8 Å². The normalized spacial score (nSPS) is 11.4. The van der Waals surface area contributed by atoms with E-state index in [1.54, 1.807) is 35.3 Å². The number of anilines is 1. The molecule has 0 spiro atoms. The van der Waals surface area contributed by atoms with E-state index in [9.17, 15) is 0 Å². The summed E-state index contributed by atoms with van der Waals surface area (Å²) in [5.74, 6) is 0.585. The van der Waals surface area contributed by atoms with Gasteiger partial charge in [0.05, 0.1) is 11.3 Å². The molecule has 0 bridgehead atoms. The van der Waals surface area contributed by atoms with Crippen LogP contribution in [0.5, 0.6) is 0 Å². The molecule has 0 aliphatic rings. The van der Waals surface area contributed by atoms with E-state index in [1.807, 2.05) is 0 Å². The molecule has 3 heterocycles. The quantitative estimate of drug-likeness (QED) is 0.521. The topological polar surface area (TPSA) is 97.8 Å². The number of halogens is 1. The van der Waals surface area contributed by atoms with Crippen LogP contribution in [0.3, 0.4) is 0 Å². The van der Waals surface area contributed by atoms with Crippen molar-refractivity contribution in [3.63, 3.8) is 0 Å². The molecule has 0 unspecified atom stereocenters. The fraction of sp³-hybridized carbons (Fsp3) is 0. The Morgan fingerprint density at radius 1 is 1.20 bits per heavy atom. The highest BCUT2D eigenvalue weighted by atomic mass is 35.5. The number of nitrogens with two attached hydrogens (primary N) is 1. The molecule has 20 heavy (non-hydrogen) atoms. The summed E-state index contributed by atoms with van der Waals surface area (Å²) in [4.78, 5) is 11.3. The Balaban J connectivity index is 2.07. The van der Waals surface area contributed by atoms with Gasteiger partial charge < -0.3 is 10.7 Å². The number of nitrogen functional groups attached to an aromatic ring is 1. The average Bonchev–Trinajstić information content (AvgIpc) is 3.06. The number of benzene rings is 1. The van der Waals surface area contributed by atoms with Crippen LogP contribution < -0.4 is 5.73 Å². The number of aromatic amines is 1. The Kier molecular flexibility index (Phi) is 2.19. The largest absolute Gasteiger partial charge is 0.399 e. The van der Waals surface area contributed by atoms with Crippen molar-refractivity contribution in [1.29, 1.82) is 0 Å². The lowest BCUT2D eigenvalue weighted by atomic mass is 10.2. The maximum absolute atomic E-state index is 6.21. The van der Waals surface area contributed by atoms with Crippen LogP contribution in [-0.2, 0) is 0 Å². The Bertz CT molecular complexity index is 939. The number of nitrogens with zero attached hydrogens (tertiary/aromatic N) is 5. The van der Waals surface area contributed by atoms with Crippen molar-refractivity contribution in [3.8, 4) is 11.4 Å². The Morgan fingerprint density at radius 2 is 2.10 bits per heavy atom. The fourth-order valence-electron chi connectivity index (χ4n) is 2.13. The van der Waals surface area contributed by atoms with Crippen LogP contribution in [0.2, 0.25) is 5.02 Å². The van der Waals surface area contributed by atoms with E-state index < -0.39 is 0 Å². The van der Waals surface area contributed by atoms with Crippen molar-refractivity contribution in [3.05, 3.63) is 35.9 Å². The second kappa shape index (κ2) is 3.91. The fourth-order valence-corrected chi connectivity index (χ4v) is 2.33. The van der Waals surface area contributed by atoms with E-state index >= 15 is 0 Å². The van der Waals surface area contributed by atoms with Crippen LogP contribution in [0.1, 0.15) is 0 Å². The molecule has 8 heteroatoms. The zero-order valence-electron chi connectivity index (χ0n) is 10.1. The van der Waals surface area contributed by atoms with Gasteiger partial charge in [-0.05, 0) is 18.2 Å². The van der Waals surface area contributed by atoms with Crippen molar-refractivity contribution in [2.24, 2.45) is 0 Å². The summed E-state index contributed by atoms with van der Waals surface area (Å²) in [6.07, 6.45) is 3.19. The number of hydrogen-bond acceptors (Lipinski definition) is 5. The maximum atomic E-state index is 6.21. The minimum absolute atomic E-state index is 0.554. The lowest BCUT2D eigenvalue weighted by Gasteiger charge is -2.03. The summed E-state index contributed by atoms with van der Waals surface area (Å²) in [6.45, 7) is 0. The molecule has 0 aliphatic heterocycles. The van der Waals surface area contributed by atoms with E-state index in [4.69, 9.17) is 17.3 Å². The molecule has 4 rings (SSSR count). The number of rotatable bonds is 1. The average molecular weight is 286 g/mol. The molecule has 0 aliphatic carbocycles. The number of fused-ring (bicyclic) bond motifs is 3. The predicted molar refractivity (Wildman–Crippen MR) is 75.3 cm³/mol. The van der Waals surface area contributed by atoms with Gasteiger partial charge in [-0.1, -0.05) is 11.6 Å². The van der Waals surface area contributed by atoms with Gasteiger partial charge in [0.25, 0.3) is 0 Å². The molecule has 0 amide bonds. The highest BCUT2D eigenvalue weighted by Crippen LogP contribution is 2.29. The second-order valence-electron chi connectivity index (χ2n) is 4.30. The van der Waals surface area contributed by atoms with E-state index in [1.165, 1.54) is 0 Å². The molecule has 0 saturated carbocycles. The molecule has 3 N–H and O–H groups in total. The zero-order chi connectivity index (χ0) is 13.7. The number of hydrogen-bond donors (Lipinski definition) is 2. The number of nitrogens with one attached hydrogen (secondary N) is 1. The van der Waals surface area contributed by atoms with Gasteiger partial charge >= 0.3 is 0 Å². The SMILES string of the molecule is Nc1ccc(Cl)c(-c2nnc3c4[nH]cnc4ncn23)c1. The van der Waals surface area contributed by atoms with Crippen molar-refractivity contribution >= 4 is 34.1 Å². The third-order valence-corrected chi connectivity index (χ3v) is 3.40. The van der Waals surface area contributed by atoms with Crippen molar-refractivity contribution in [2.45, 2.75) is 0 Å². The standard InChI is InChI=1S/C12H8ClN7/c13-8-2-1-6(14)3-7(8)11-18-19-12-9-10(16-4-15-9)17-5-20(11)12/h1-5H,14H2,(H,15,16). The minimum atomic E-state index is 0.554. The van der Waals surface area contributed by atoms with Gasteiger partial charge in [0.15, 0.2) is 17.1 Å². The second-order valence-corrected chi connectivity index (χ2v) is 4.71. The zero-order valence-corrected chi connectivity index (χ0v) is 10.8. The Labute approximate surface area is 117 Å². The lowest BCUT2D eigenvalue weighted by molar-refractivity contribution is 1.09. The molecule has 0 atom stereocenters. The van der Waals surface area contributed by atoms with Gasteiger partial charge in [0, 0.05) is 11.3 Å². The number of aromatic nitrogens is 6. The van der Waals surface area contributed by atoms with Gasteiger partial charge in [-0.25, -0.2) is 9.97 Å². The highest BCUT2D eigenvalue weighted by molar-refractivity contribution is 6.33.